The highest BCUT2D eigenvalue weighted by molar-refractivity contribution is 5.09. The van der Waals surface area contributed by atoms with Crippen LogP contribution in [0, 0.1) is 11.3 Å². The molecule has 0 saturated carbocycles. The first kappa shape index (κ1) is 14.5. The maximum Gasteiger partial charge on any atom is 0.108 e. The van der Waals surface area contributed by atoms with Crippen molar-refractivity contribution < 1.29 is 0 Å². The van der Waals surface area contributed by atoms with E-state index in [0.717, 1.165) is 38.8 Å². The zero-order valence-electron chi connectivity index (χ0n) is 11.6. The molecule has 98 valence electrons. The summed E-state index contributed by atoms with van der Waals surface area (Å²) < 4.78 is 0. The highest BCUT2D eigenvalue weighted by Crippen LogP contribution is 2.23. The van der Waals surface area contributed by atoms with Crippen molar-refractivity contribution in [1.82, 2.24) is 10.2 Å². The van der Waals surface area contributed by atoms with Gasteiger partial charge in [-0.2, -0.15) is 5.26 Å². The van der Waals surface area contributed by atoms with Crippen molar-refractivity contribution >= 4 is 0 Å². The maximum atomic E-state index is 9.50. The van der Waals surface area contributed by atoms with Crippen LogP contribution < -0.4 is 5.32 Å². The minimum Gasteiger partial charge on any atom is -0.303 e. The van der Waals surface area contributed by atoms with Crippen LogP contribution >= 0.6 is 0 Å². The first-order valence-electron chi connectivity index (χ1n) is 7.07. The van der Waals surface area contributed by atoms with Gasteiger partial charge in [0.25, 0.3) is 0 Å². The number of nitrogens with one attached hydrogen (secondary N) is 1. The van der Waals surface area contributed by atoms with Gasteiger partial charge in [-0.1, -0.05) is 13.8 Å². The lowest BCUT2D eigenvalue weighted by molar-refractivity contribution is 0.270. The summed E-state index contributed by atoms with van der Waals surface area (Å²) in [5.41, 5.74) is -0.280. The quantitative estimate of drug-likeness (QED) is 0.798. The summed E-state index contributed by atoms with van der Waals surface area (Å²) in [5.74, 6) is 0. The smallest absolute Gasteiger partial charge is 0.108 e. The van der Waals surface area contributed by atoms with E-state index in [4.69, 9.17) is 0 Å². The van der Waals surface area contributed by atoms with Crippen LogP contribution in [0.25, 0.3) is 0 Å². The molecule has 0 aromatic carbocycles. The molecule has 2 atom stereocenters. The number of nitrogens with zero attached hydrogens (tertiary/aromatic N) is 2. The van der Waals surface area contributed by atoms with E-state index < -0.39 is 0 Å². The molecule has 3 nitrogen and oxygen atoms in total. The third-order valence-corrected chi connectivity index (χ3v) is 3.82. The van der Waals surface area contributed by atoms with Gasteiger partial charge in [-0.25, -0.2) is 0 Å². The lowest BCUT2D eigenvalue weighted by Crippen LogP contribution is -2.48. The molecular weight excluding hydrogens is 210 g/mol. The molecule has 2 unspecified atom stereocenters. The largest absolute Gasteiger partial charge is 0.303 e. The summed E-state index contributed by atoms with van der Waals surface area (Å²) in [6, 6.07) is 2.98. The van der Waals surface area contributed by atoms with E-state index in [9.17, 15) is 5.26 Å². The standard InChI is InChI=1S/C14H27N3/c1-4-9-17-10-6-7-14(12-15,8-11-17)16-13(3)5-2/h13,16H,4-11H2,1-3H3. The Morgan fingerprint density at radius 1 is 1.35 bits per heavy atom. The monoisotopic (exact) mass is 237 g/mol. The second kappa shape index (κ2) is 6.98. The number of rotatable bonds is 5. The lowest BCUT2D eigenvalue weighted by Gasteiger charge is -2.30. The summed E-state index contributed by atoms with van der Waals surface area (Å²) >= 11 is 0. The summed E-state index contributed by atoms with van der Waals surface area (Å²) in [4.78, 5) is 2.50. The van der Waals surface area contributed by atoms with Crippen LogP contribution in [0.5, 0.6) is 0 Å². The molecule has 1 rings (SSSR count). The van der Waals surface area contributed by atoms with Crippen molar-refractivity contribution in [3.05, 3.63) is 0 Å². The van der Waals surface area contributed by atoms with E-state index in [1.807, 2.05) is 0 Å². The van der Waals surface area contributed by atoms with Crippen LogP contribution in [0.3, 0.4) is 0 Å². The number of likely N-dealkylation sites (tertiary alicyclic amines) is 1. The van der Waals surface area contributed by atoms with E-state index >= 15 is 0 Å². The van der Waals surface area contributed by atoms with Gasteiger partial charge < -0.3 is 4.90 Å². The topological polar surface area (TPSA) is 39.1 Å². The molecule has 1 N–H and O–H groups in total. The molecule has 17 heavy (non-hydrogen) atoms. The lowest BCUT2D eigenvalue weighted by atomic mass is 9.91. The van der Waals surface area contributed by atoms with Crippen molar-refractivity contribution in [3.63, 3.8) is 0 Å². The van der Waals surface area contributed by atoms with Gasteiger partial charge in [0.1, 0.15) is 5.54 Å². The molecule has 3 heteroatoms. The van der Waals surface area contributed by atoms with E-state index in [-0.39, 0.29) is 5.54 Å². The van der Waals surface area contributed by atoms with Gasteiger partial charge in [0.2, 0.25) is 0 Å². The Morgan fingerprint density at radius 2 is 2.12 bits per heavy atom. The van der Waals surface area contributed by atoms with Gasteiger partial charge >= 0.3 is 0 Å². The van der Waals surface area contributed by atoms with Crippen LogP contribution in [-0.4, -0.2) is 36.1 Å². The maximum absolute atomic E-state index is 9.50. The molecule has 0 radical (unpaired) electrons. The Kier molecular flexibility index (Phi) is 5.94. The van der Waals surface area contributed by atoms with E-state index in [1.165, 1.54) is 13.0 Å². The molecular formula is C14H27N3. The third kappa shape index (κ3) is 4.29. The van der Waals surface area contributed by atoms with Gasteiger partial charge in [0, 0.05) is 12.6 Å². The Balaban J connectivity index is 2.59. The molecule has 0 aromatic heterocycles. The summed E-state index contributed by atoms with van der Waals surface area (Å²) in [7, 11) is 0. The van der Waals surface area contributed by atoms with Crippen molar-refractivity contribution in [2.75, 3.05) is 19.6 Å². The zero-order valence-corrected chi connectivity index (χ0v) is 11.6. The SMILES string of the molecule is CCCN1CCCC(C#N)(NC(C)CC)CC1. The molecule has 0 aromatic rings. The minimum atomic E-state index is -0.280. The van der Waals surface area contributed by atoms with E-state index in [0.29, 0.717) is 6.04 Å². The molecule has 1 aliphatic rings. The van der Waals surface area contributed by atoms with Crippen LogP contribution in [-0.2, 0) is 0 Å². The molecule has 1 aliphatic heterocycles. The minimum absolute atomic E-state index is 0.280. The van der Waals surface area contributed by atoms with Crippen LogP contribution in [0.4, 0.5) is 0 Å². The van der Waals surface area contributed by atoms with Crippen molar-refractivity contribution in [2.45, 2.75) is 64.5 Å². The highest BCUT2D eigenvalue weighted by Gasteiger charge is 2.33. The molecule has 0 amide bonds. The summed E-state index contributed by atoms with van der Waals surface area (Å²) in [6.07, 6.45) is 5.39. The Labute approximate surface area is 106 Å². The average molecular weight is 237 g/mol. The fraction of sp³-hybridized carbons (Fsp3) is 0.929. The number of hydrogen-bond acceptors (Lipinski definition) is 3. The zero-order chi connectivity index (χ0) is 12.7. The van der Waals surface area contributed by atoms with Gasteiger partial charge in [0.05, 0.1) is 6.07 Å². The third-order valence-electron chi connectivity index (χ3n) is 3.82. The van der Waals surface area contributed by atoms with E-state index in [2.05, 4.69) is 37.1 Å². The summed E-state index contributed by atoms with van der Waals surface area (Å²) in [5, 5.41) is 13.0. The van der Waals surface area contributed by atoms with Gasteiger partial charge in [-0.15, -0.1) is 0 Å². The van der Waals surface area contributed by atoms with Crippen LogP contribution in [0.1, 0.15) is 52.9 Å². The second-order valence-corrected chi connectivity index (χ2v) is 5.34. The molecule has 0 spiro atoms. The Bertz CT molecular complexity index is 259. The normalized spacial score (nSPS) is 28.4. The van der Waals surface area contributed by atoms with Gasteiger partial charge in [0.15, 0.2) is 0 Å². The van der Waals surface area contributed by atoms with Crippen molar-refractivity contribution in [1.29, 1.82) is 5.26 Å². The van der Waals surface area contributed by atoms with Crippen LogP contribution in [0.2, 0.25) is 0 Å². The fourth-order valence-electron chi connectivity index (χ4n) is 2.59. The number of hydrogen-bond donors (Lipinski definition) is 1. The molecule has 1 saturated heterocycles. The Hall–Kier alpha value is -0.590. The average Bonchev–Trinajstić information content (AvgIpc) is 2.53. The first-order valence-corrected chi connectivity index (χ1v) is 7.07. The molecule has 0 bridgehead atoms. The fourth-order valence-corrected chi connectivity index (χ4v) is 2.59. The molecule has 0 aliphatic carbocycles. The first-order chi connectivity index (χ1) is 8.15. The van der Waals surface area contributed by atoms with E-state index in [1.54, 1.807) is 0 Å². The Morgan fingerprint density at radius 3 is 2.71 bits per heavy atom. The highest BCUT2D eigenvalue weighted by atomic mass is 15.1. The summed E-state index contributed by atoms with van der Waals surface area (Å²) in [6.45, 7) is 9.95. The van der Waals surface area contributed by atoms with Crippen molar-refractivity contribution in [2.24, 2.45) is 0 Å². The molecule has 1 heterocycles. The molecule has 1 fully saturated rings. The number of nitriles is 1. The predicted octanol–water partition coefficient (Wildman–Crippen LogP) is 2.53. The predicted molar refractivity (Wildman–Crippen MR) is 71.8 cm³/mol. The van der Waals surface area contributed by atoms with Gasteiger partial charge in [-0.05, 0) is 52.1 Å². The van der Waals surface area contributed by atoms with Crippen LogP contribution in [0.15, 0.2) is 0 Å². The second-order valence-electron chi connectivity index (χ2n) is 5.34. The van der Waals surface area contributed by atoms with Gasteiger partial charge in [-0.3, -0.25) is 5.32 Å². The van der Waals surface area contributed by atoms with Crippen molar-refractivity contribution in [3.8, 4) is 6.07 Å².